The Morgan fingerprint density at radius 1 is 1.04 bits per heavy atom. The van der Waals surface area contributed by atoms with Crippen molar-refractivity contribution in [3.8, 4) is 11.5 Å². The standard InChI is InChI=1S/C19H22N2O5/c1-24-16-5-3-4-6-17(16)26-14-18(22)21(12-9-19(23)25-2)13-15-7-10-20-11-8-15/h3-8,10-11H,9,12-14H2,1-2H3. The SMILES string of the molecule is COC(=O)CCN(Cc1ccncc1)C(=O)COc1ccccc1OC. The molecule has 0 fully saturated rings. The second-order valence-corrected chi connectivity index (χ2v) is 5.44. The van der Waals surface area contributed by atoms with Gasteiger partial charge < -0.3 is 19.1 Å². The van der Waals surface area contributed by atoms with Crippen LogP contribution < -0.4 is 9.47 Å². The number of amides is 1. The Bertz CT molecular complexity index is 721. The molecule has 0 unspecified atom stereocenters. The first kappa shape index (κ1) is 19.2. The Hall–Kier alpha value is -3.09. The molecular formula is C19H22N2O5. The van der Waals surface area contributed by atoms with Crippen molar-refractivity contribution in [2.24, 2.45) is 0 Å². The van der Waals surface area contributed by atoms with Crippen LogP contribution in [0.5, 0.6) is 11.5 Å². The summed E-state index contributed by atoms with van der Waals surface area (Å²) in [5, 5.41) is 0. The minimum absolute atomic E-state index is 0.113. The lowest BCUT2D eigenvalue weighted by molar-refractivity contribution is -0.142. The van der Waals surface area contributed by atoms with E-state index in [-0.39, 0.29) is 31.4 Å². The van der Waals surface area contributed by atoms with Crippen LogP contribution in [0.3, 0.4) is 0 Å². The summed E-state index contributed by atoms with van der Waals surface area (Å²) in [6.45, 7) is 0.434. The van der Waals surface area contributed by atoms with Gasteiger partial charge in [0.25, 0.3) is 5.91 Å². The highest BCUT2D eigenvalue weighted by Gasteiger charge is 2.17. The number of benzene rings is 1. The number of hydrogen-bond donors (Lipinski definition) is 0. The Balaban J connectivity index is 2.02. The Labute approximate surface area is 152 Å². The molecule has 0 aliphatic rings. The number of para-hydroxylation sites is 2. The maximum Gasteiger partial charge on any atom is 0.307 e. The molecule has 7 nitrogen and oxygen atoms in total. The fourth-order valence-corrected chi connectivity index (χ4v) is 2.30. The molecule has 1 heterocycles. The minimum Gasteiger partial charge on any atom is -0.493 e. The van der Waals surface area contributed by atoms with Gasteiger partial charge in [0.15, 0.2) is 18.1 Å². The van der Waals surface area contributed by atoms with Crippen LogP contribution in [0.15, 0.2) is 48.8 Å². The van der Waals surface area contributed by atoms with Gasteiger partial charge in [-0.3, -0.25) is 14.6 Å². The molecule has 138 valence electrons. The summed E-state index contributed by atoms with van der Waals surface area (Å²) >= 11 is 0. The van der Waals surface area contributed by atoms with Gasteiger partial charge in [0.05, 0.1) is 20.6 Å². The van der Waals surface area contributed by atoms with Crippen LogP contribution in [-0.2, 0) is 20.9 Å². The van der Waals surface area contributed by atoms with Gasteiger partial charge in [-0.15, -0.1) is 0 Å². The van der Waals surface area contributed by atoms with E-state index >= 15 is 0 Å². The summed E-state index contributed by atoms with van der Waals surface area (Å²) in [4.78, 5) is 29.6. The molecule has 0 aliphatic heterocycles. The molecule has 2 aromatic rings. The van der Waals surface area contributed by atoms with Crippen molar-refractivity contribution in [3.63, 3.8) is 0 Å². The summed E-state index contributed by atoms with van der Waals surface area (Å²) in [5.41, 5.74) is 0.913. The fourth-order valence-electron chi connectivity index (χ4n) is 2.30. The quantitative estimate of drug-likeness (QED) is 0.639. The van der Waals surface area contributed by atoms with Gasteiger partial charge in [-0.2, -0.15) is 0 Å². The third kappa shape index (κ3) is 5.77. The molecule has 0 bridgehead atoms. The lowest BCUT2D eigenvalue weighted by Crippen LogP contribution is -2.36. The molecule has 26 heavy (non-hydrogen) atoms. The topological polar surface area (TPSA) is 78.0 Å². The van der Waals surface area contributed by atoms with E-state index in [1.165, 1.54) is 14.2 Å². The van der Waals surface area contributed by atoms with Crippen molar-refractivity contribution in [3.05, 3.63) is 54.4 Å². The second kappa shape index (κ2) is 10.0. The average molecular weight is 358 g/mol. The van der Waals surface area contributed by atoms with Gasteiger partial charge in [-0.05, 0) is 29.8 Å². The molecule has 0 aliphatic carbocycles. The highest BCUT2D eigenvalue weighted by Crippen LogP contribution is 2.25. The van der Waals surface area contributed by atoms with E-state index in [0.717, 1.165) is 5.56 Å². The van der Waals surface area contributed by atoms with E-state index in [2.05, 4.69) is 9.72 Å². The van der Waals surface area contributed by atoms with Crippen molar-refractivity contribution in [2.45, 2.75) is 13.0 Å². The normalized spacial score (nSPS) is 10.1. The number of methoxy groups -OCH3 is 2. The van der Waals surface area contributed by atoms with Gasteiger partial charge in [0, 0.05) is 25.5 Å². The third-order valence-electron chi connectivity index (χ3n) is 3.71. The molecule has 2 rings (SSSR count). The second-order valence-electron chi connectivity index (χ2n) is 5.44. The Morgan fingerprint density at radius 3 is 2.38 bits per heavy atom. The van der Waals surface area contributed by atoms with E-state index in [0.29, 0.717) is 18.0 Å². The first-order valence-electron chi connectivity index (χ1n) is 8.13. The monoisotopic (exact) mass is 358 g/mol. The van der Waals surface area contributed by atoms with E-state index in [1.807, 2.05) is 18.2 Å². The van der Waals surface area contributed by atoms with Gasteiger partial charge in [0.1, 0.15) is 0 Å². The van der Waals surface area contributed by atoms with Crippen LogP contribution in [0.4, 0.5) is 0 Å². The number of carbonyl (C=O) groups excluding carboxylic acids is 2. The highest BCUT2D eigenvalue weighted by molar-refractivity contribution is 5.78. The zero-order valence-electron chi connectivity index (χ0n) is 14.9. The van der Waals surface area contributed by atoms with E-state index < -0.39 is 0 Å². The number of esters is 1. The molecule has 0 radical (unpaired) electrons. The molecule has 0 atom stereocenters. The predicted molar refractivity (Wildman–Crippen MR) is 94.8 cm³/mol. The number of aromatic nitrogens is 1. The van der Waals surface area contributed by atoms with Crippen LogP contribution in [-0.4, -0.2) is 49.1 Å². The lowest BCUT2D eigenvalue weighted by atomic mass is 10.2. The molecule has 0 N–H and O–H groups in total. The van der Waals surface area contributed by atoms with E-state index in [9.17, 15) is 9.59 Å². The van der Waals surface area contributed by atoms with Gasteiger partial charge >= 0.3 is 5.97 Å². The maximum atomic E-state index is 12.6. The third-order valence-corrected chi connectivity index (χ3v) is 3.71. The van der Waals surface area contributed by atoms with E-state index in [1.54, 1.807) is 35.5 Å². The van der Waals surface area contributed by atoms with Crippen LogP contribution in [0.25, 0.3) is 0 Å². The van der Waals surface area contributed by atoms with Crippen molar-refractivity contribution < 1.29 is 23.8 Å². The summed E-state index contributed by atoms with van der Waals surface area (Å²) in [6.07, 6.45) is 3.43. The average Bonchev–Trinajstić information content (AvgIpc) is 2.69. The van der Waals surface area contributed by atoms with Crippen molar-refractivity contribution in [1.82, 2.24) is 9.88 Å². The first-order valence-corrected chi connectivity index (χ1v) is 8.13. The molecule has 7 heteroatoms. The molecule has 1 aromatic heterocycles. The van der Waals surface area contributed by atoms with E-state index in [4.69, 9.17) is 9.47 Å². The first-order chi connectivity index (χ1) is 12.6. The number of nitrogens with zero attached hydrogens (tertiary/aromatic N) is 2. The Morgan fingerprint density at radius 2 is 1.73 bits per heavy atom. The number of ether oxygens (including phenoxy) is 3. The summed E-state index contributed by atoms with van der Waals surface area (Å²) in [5.74, 6) is 0.426. The molecular weight excluding hydrogens is 336 g/mol. The van der Waals surface area contributed by atoms with Crippen molar-refractivity contribution in [1.29, 1.82) is 0 Å². The molecule has 0 saturated carbocycles. The Kier molecular flexibility index (Phi) is 7.42. The number of hydrogen-bond acceptors (Lipinski definition) is 6. The maximum absolute atomic E-state index is 12.6. The summed E-state index contributed by atoms with van der Waals surface area (Å²) < 4.78 is 15.5. The smallest absolute Gasteiger partial charge is 0.307 e. The number of pyridine rings is 1. The zero-order valence-corrected chi connectivity index (χ0v) is 14.9. The molecule has 1 amide bonds. The lowest BCUT2D eigenvalue weighted by Gasteiger charge is -2.22. The largest absolute Gasteiger partial charge is 0.493 e. The molecule has 1 aromatic carbocycles. The highest BCUT2D eigenvalue weighted by atomic mass is 16.5. The minimum atomic E-state index is -0.372. The summed E-state index contributed by atoms with van der Waals surface area (Å²) in [6, 6.07) is 10.7. The zero-order chi connectivity index (χ0) is 18.8. The number of rotatable bonds is 9. The van der Waals surface area contributed by atoms with Crippen molar-refractivity contribution in [2.75, 3.05) is 27.4 Å². The number of carbonyl (C=O) groups is 2. The van der Waals surface area contributed by atoms with Crippen LogP contribution in [0.1, 0.15) is 12.0 Å². The van der Waals surface area contributed by atoms with Crippen LogP contribution >= 0.6 is 0 Å². The van der Waals surface area contributed by atoms with Gasteiger partial charge in [0.2, 0.25) is 0 Å². The van der Waals surface area contributed by atoms with Crippen molar-refractivity contribution >= 4 is 11.9 Å². The fraction of sp³-hybridized carbons (Fsp3) is 0.316. The molecule has 0 spiro atoms. The van der Waals surface area contributed by atoms with Crippen LogP contribution in [0, 0.1) is 0 Å². The van der Waals surface area contributed by atoms with Gasteiger partial charge in [-0.1, -0.05) is 12.1 Å². The van der Waals surface area contributed by atoms with Crippen LogP contribution in [0.2, 0.25) is 0 Å². The van der Waals surface area contributed by atoms with Gasteiger partial charge in [-0.25, -0.2) is 0 Å². The summed E-state index contributed by atoms with van der Waals surface area (Å²) in [7, 11) is 2.86. The molecule has 0 saturated heterocycles. The predicted octanol–water partition coefficient (Wildman–Crippen LogP) is 2.06.